The molecule has 5 rings (SSSR count). The van der Waals surface area contributed by atoms with E-state index in [1.54, 1.807) is 0 Å². The van der Waals surface area contributed by atoms with Gasteiger partial charge in [0, 0.05) is 11.8 Å². The summed E-state index contributed by atoms with van der Waals surface area (Å²) < 4.78 is 6.39. The van der Waals surface area contributed by atoms with Crippen LogP contribution < -0.4 is 0 Å². The van der Waals surface area contributed by atoms with Gasteiger partial charge >= 0.3 is 5.97 Å². The van der Waals surface area contributed by atoms with Gasteiger partial charge in [-0.05, 0) is 105 Å². The molecule has 0 radical (unpaired) electrons. The standard InChI is InChI=1S/C31H48O3/c1-5-6-7-20-8-10-21(11-9-20)29(33)34-27-15-14-26-24-13-12-22-18-23(32)19-30(2,3)28(22)25(24)16-17-31(26,27)4/h18,20-21,24-28H,5-17,19H2,1-4H3/t20?,21?,24-,25+,26+,27+,28+,31+/m1/s1. The lowest BCUT2D eigenvalue weighted by Gasteiger charge is -2.57. The Hall–Kier alpha value is -1.12. The molecule has 4 saturated carbocycles. The van der Waals surface area contributed by atoms with E-state index in [0.717, 1.165) is 37.5 Å². The summed E-state index contributed by atoms with van der Waals surface area (Å²) >= 11 is 0. The Balaban J connectivity index is 1.23. The molecule has 0 aromatic rings. The normalized spacial score (nSPS) is 43.4. The molecule has 0 aromatic carbocycles. The SMILES string of the molecule is CCCCC1CCC(C(=O)O[C@H]2CC[C@H]3[C@@H]4CCC5=CC(=O)CC(C)(C)[C@@H]5[C@H]4CC[C@]23C)CC1. The first-order valence-electron chi connectivity index (χ1n) is 14.7. The van der Waals surface area contributed by atoms with Gasteiger partial charge in [-0.1, -0.05) is 52.5 Å². The molecule has 0 N–H and O–H groups in total. The zero-order valence-corrected chi connectivity index (χ0v) is 22.2. The van der Waals surface area contributed by atoms with Crippen LogP contribution >= 0.6 is 0 Å². The molecule has 0 aromatic heterocycles. The fraction of sp³-hybridized carbons (Fsp3) is 0.871. The van der Waals surface area contributed by atoms with Crippen molar-refractivity contribution in [2.24, 2.45) is 46.3 Å². The molecule has 4 fully saturated rings. The minimum absolute atomic E-state index is 0.0820. The highest BCUT2D eigenvalue weighted by atomic mass is 16.5. The zero-order chi connectivity index (χ0) is 24.1. The van der Waals surface area contributed by atoms with E-state index < -0.39 is 0 Å². The average molecular weight is 469 g/mol. The number of allylic oxidation sites excluding steroid dienone is 1. The Kier molecular flexibility index (Phi) is 6.79. The van der Waals surface area contributed by atoms with Crippen LogP contribution in [-0.2, 0) is 14.3 Å². The number of unbranched alkanes of at least 4 members (excludes halogenated alkanes) is 1. The fourth-order valence-electron chi connectivity index (χ4n) is 9.53. The third-order valence-corrected chi connectivity index (χ3v) is 11.2. The molecule has 3 nitrogen and oxygen atoms in total. The van der Waals surface area contributed by atoms with Crippen molar-refractivity contribution in [2.75, 3.05) is 0 Å². The van der Waals surface area contributed by atoms with E-state index in [1.165, 1.54) is 63.4 Å². The van der Waals surface area contributed by atoms with Gasteiger partial charge in [-0.3, -0.25) is 9.59 Å². The van der Waals surface area contributed by atoms with Crippen molar-refractivity contribution in [3.63, 3.8) is 0 Å². The van der Waals surface area contributed by atoms with E-state index in [9.17, 15) is 9.59 Å². The van der Waals surface area contributed by atoms with Gasteiger partial charge < -0.3 is 4.74 Å². The minimum atomic E-state index is 0.0820. The van der Waals surface area contributed by atoms with Crippen molar-refractivity contribution < 1.29 is 14.3 Å². The molecule has 5 aliphatic carbocycles. The topological polar surface area (TPSA) is 43.4 Å². The van der Waals surface area contributed by atoms with Crippen LogP contribution in [0, 0.1) is 46.3 Å². The third kappa shape index (κ3) is 4.32. The second kappa shape index (κ2) is 9.40. The molecule has 0 saturated heterocycles. The van der Waals surface area contributed by atoms with Gasteiger partial charge in [-0.2, -0.15) is 0 Å². The maximum atomic E-state index is 13.2. The largest absolute Gasteiger partial charge is 0.462 e. The summed E-state index contributed by atoms with van der Waals surface area (Å²) in [5.41, 5.74) is 1.67. The Morgan fingerprint density at radius 1 is 1.00 bits per heavy atom. The molecular formula is C31H48O3. The maximum absolute atomic E-state index is 13.2. The second-order valence-corrected chi connectivity index (χ2v) is 13.7. The second-order valence-electron chi connectivity index (χ2n) is 13.7. The summed E-state index contributed by atoms with van der Waals surface area (Å²) in [6.45, 7) is 9.37. The first-order valence-corrected chi connectivity index (χ1v) is 14.7. The lowest BCUT2D eigenvalue weighted by atomic mass is 9.48. The van der Waals surface area contributed by atoms with E-state index in [-0.39, 0.29) is 28.8 Å². The van der Waals surface area contributed by atoms with Crippen LogP contribution in [0.2, 0.25) is 0 Å². The van der Waals surface area contributed by atoms with Gasteiger partial charge in [0.25, 0.3) is 0 Å². The molecule has 0 heterocycles. The molecule has 0 unspecified atom stereocenters. The highest BCUT2D eigenvalue weighted by Crippen LogP contribution is 2.64. The van der Waals surface area contributed by atoms with Gasteiger partial charge in [0.1, 0.15) is 6.10 Å². The highest BCUT2D eigenvalue weighted by Gasteiger charge is 2.59. The molecule has 6 atom stereocenters. The van der Waals surface area contributed by atoms with Crippen LogP contribution in [0.4, 0.5) is 0 Å². The van der Waals surface area contributed by atoms with Gasteiger partial charge in [-0.15, -0.1) is 0 Å². The van der Waals surface area contributed by atoms with Crippen LogP contribution in [0.25, 0.3) is 0 Å². The molecule has 0 bridgehead atoms. The molecular weight excluding hydrogens is 420 g/mol. The Morgan fingerprint density at radius 2 is 1.76 bits per heavy atom. The van der Waals surface area contributed by atoms with Gasteiger partial charge in [0.05, 0.1) is 5.92 Å². The number of carbonyl (C=O) groups is 2. The molecule has 0 spiro atoms. The third-order valence-electron chi connectivity index (χ3n) is 11.2. The smallest absolute Gasteiger partial charge is 0.309 e. The summed E-state index contributed by atoms with van der Waals surface area (Å²) in [5, 5.41) is 0. The van der Waals surface area contributed by atoms with Crippen LogP contribution in [0.15, 0.2) is 11.6 Å². The van der Waals surface area contributed by atoms with Crippen molar-refractivity contribution in [3.8, 4) is 0 Å². The Labute approximate surface area is 207 Å². The number of esters is 1. The fourth-order valence-corrected chi connectivity index (χ4v) is 9.53. The average Bonchev–Trinajstić information content (AvgIpc) is 3.13. The minimum Gasteiger partial charge on any atom is -0.462 e. The van der Waals surface area contributed by atoms with Gasteiger partial charge in [-0.25, -0.2) is 0 Å². The number of carbonyl (C=O) groups excluding carboxylic acids is 2. The molecule has 34 heavy (non-hydrogen) atoms. The van der Waals surface area contributed by atoms with Crippen molar-refractivity contribution in [2.45, 2.75) is 124 Å². The van der Waals surface area contributed by atoms with E-state index in [4.69, 9.17) is 4.74 Å². The van der Waals surface area contributed by atoms with Crippen molar-refractivity contribution in [3.05, 3.63) is 11.6 Å². The zero-order valence-electron chi connectivity index (χ0n) is 22.2. The Bertz CT molecular complexity index is 817. The summed E-state index contributed by atoms with van der Waals surface area (Å²) in [7, 11) is 0. The van der Waals surface area contributed by atoms with Crippen LogP contribution in [0.1, 0.15) is 118 Å². The molecule has 190 valence electrons. The van der Waals surface area contributed by atoms with Gasteiger partial charge in [0.2, 0.25) is 0 Å². The van der Waals surface area contributed by atoms with E-state index >= 15 is 0 Å². The quantitative estimate of drug-likeness (QED) is 0.389. The van der Waals surface area contributed by atoms with Crippen molar-refractivity contribution in [1.29, 1.82) is 0 Å². The number of ether oxygens (including phenoxy) is 1. The van der Waals surface area contributed by atoms with Crippen molar-refractivity contribution in [1.82, 2.24) is 0 Å². The number of fused-ring (bicyclic) bond motifs is 5. The van der Waals surface area contributed by atoms with Gasteiger partial charge in [0.15, 0.2) is 5.78 Å². The van der Waals surface area contributed by atoms with Crippen LogP contribution in [-0.4, -0.2) is 17.9 Å². The highest BCUT2D eigenvalue weighted by molar-refractivity contribution is 5.92. The number of ketones is 1. The molecule has 0 amide bonds. The number of hydrogen-bond acceptors (Lipinski definition) is 3. The summed E-state index contributed by atoms with van der Waals surface area (Å²) in [6, 6.07) is 0. The number of rotatable bonds is 5. The number of hydrogen-bond donors (Lipinski definition) is 0. The summed E-state index contributed by atoms with van der Waals surface area (Å²) in [5.74, 6) is 4.09. The molecule has 0 aliphatic heterocycles. The van der Waals surface area contributed by atoms with E-state index in [1.807, 2.05) is 6.08 Å². The Morgan fingerprint density at radius 3 is 2.50 bits per heavy atom. The van der Waals surface area contributed by atoms with Crippen LogP contribution in [0.5, 0.6) is 0 Å². The van der Waals surface area contributed by atoms with Crippen LogP contribution in [0.3, 0.4) is 0 Å². The maximum Gasteiger partial charge on any atom is 0.309 e. The monoisotopic (exact) mass is 468 g/mol. The summed E-state index contributed by atoms with van der Waals surface area (Å²) in [4.78, 5) is 25.6. The first kappa shape index (κ1) is 24.6. The lowest BCUT2D eigenvalue weighted by molar-refractivity contribution is -0.165. The predicted molar refractivity (Wildman–Crippen MR) is 136 cm³/mol. The lowest BCUT2D eigenvalue weighted by Crippen LogP contribution is -2.51. The molecule has 5 aliphatic rings. The molecule has 3 heteroatoms. The van der Waals surface area contributed by atoms with E-state index in [2.05, 4.69) is 27.7 Å². The first-order chi connectivity index (χ1) is 16.2. The van der Waals surface area contributed by atoms with E-state index in [0.29, 0.717) is 30.0 Å². The predicted octanol–water partition coefficient (Wildman–Crippen LogP) is 7.67. The summed E-state index contributed by atoms with van der Waals surface area (Å²) in [6.07, 6.45) is 18.3. The van der Waals surface area contributed by atoms with Crippen molar-refractivity contribution >= 4 is 11.8 Å².